The van der Waals surface area contributed by atoms with Gasteiger partial charge in [0, 0.05) is 30.4 Å². The highest BCUT2D eigenvalue weighted by Gasteiger charge is 2.28. The maximum atomic E-state index is 11.7. The van der Waals surface area contributed by atoms with E-state index in [9.17, 15) is 4.79 Å². The van der Waals surface area contributed by atoms with Gasteiger partial charge in [-0.15, -0.1) is 0 Å². The topological polar surface area (TPSA) is 77.2 Å². The van der Waals surface area contributed by atoms with Crippen molar-refractivity contribution in [2.45, 2.75) is 38.7 Å². The van der Waals surface area contributed by atoms with Gasteiger partial charge in [-0.3, -0.25) is 4.98 Å². The average Bonchev–Trinajstić information content (AvgIpc) is 2.35. The van der Waals surface area contributed by atoms with Crippen LogP contribution in [0.4, 0.5) is 4.79 Å². The molecule has 0 spiro atoms. The molecule has 0 bridgehead atoms. The fourth-order valence-electron chi connectivity index (χ4n) is 1.57. The molecule has 1 aromatic rings. The van der Waals surface area contributed by atoms with E-state index in [0.717, 1.165) is 5.69 Å². The van der Waals surface area contributed by atoms with Crippen LogP contribution in [0.15, 0.2) is 24.4 Å². The van der Waals surface area contributed by atoms with Gasteiger partial charge in [-0.05, 0) is 32.9 Å². The first-order chi connectivity index (χ1) is 8.77. The maximum Gasteiger partial charge on any atom is 0.407 e. The number of amides is 1. The molecule has 1 amide bonds. The molecule has 5 nitrogen and oxygen atoms in total. The van der Waals surface area contributed by atoms with Crippen LogP contribution in [0, 0.1) is 0 Å². The van der Waals surface area contributed by atoms with Gasteiger partial charge in [0.25, 0.3) is 0 Å². The van der Waals surface area contributed by atoms with Crippen LogP contribution in [-0.4, -0.2) is 29.8 Å². The highest BCUT2D eigenvalue weighted by Crippen LogP contribution is 2.19. The predicted molar refractivity (Wildman–Crippen MR) is 74.9 cm³/mol. The molecule has 0 radical (unpaired) electrons. The second-order valence-corrected chi connectivity index (χ2v) is 5.84. The summed E-state index contributed by atoms with van der Waals surface area (Å²) in [5.41, 5.74) is 5.77. The van der Waals surface area contributed by atoms with Gasteiger partial charge in [0.2, 0.25) is 0 Å². The lowest BCUT2D eigenvalue weighted by Gasteiger charge is -2.28. The number of nitrogens with two attached hydrogens (primary N) is 1. The fraction of sp³-hybridized carbons (Fsp3) is 0.571. The standard InChI is InChI=1S/C14H23N3O2/c1-13(2,3)19-12(18)17-10-14(4,9-15)11-7-5-6-8-16-11/h5-8H,9-10,15H2,1-4H3,(H,17,18). The third kappa shape index (κ3) is 4.87. The van der Waals surface area contributed by atoms with E-state index in [-0.39, 0.29) is 0 Å². The number of aromatic nitrogens is 1. The molecular weight excluding hydrogens is 242 g/mol. The molecule has 0 aliphatic carbocycles. The highest BCUT2D eigenvalue weighted by atomic mass is 16.6. The Balaban J connectivity index is 2.65. The molecule has 0 saturated heterocycles. The Kier molecular flexibility index (Phi) is 4.89. The first-order valence-electron chi connectivity index (χ1n) is 6.35. The number of hydrogen-bond donors (Lipinski definition) is 2. The average molecular weight is 265 g/mol. The van der Waals surface area contributed by atoms with Gasteiger partial charge in [-0.1, -0.05) is 13.0 Å². The number of hydrogen-bond acceptors (Lipinski definition) is 4. The van der Waals surface area contributed by atoms with E-state index in [1.807, 2.05) is 45.9 Å². The van der Waals surface area contributed by atoms with Gasteiger partial charge in [0.1, 0.15) is 5.60 Å². The molecule has 0 aliphatic rings. The molecule has 106 valence electrons. The van der Waals surface area contributed by atoms with E-state index in [2.05, 4.69) is 10.3 Å². The maximum absolute atomic E-state index is 11.7. The van der Waals surface area contributed by atoms with Gasteiger partial charge in [0.05, 0.1) is 0 Å². The molecule has 1 unspecified atom stereocenters. The molecule has 3 N–H and O–H groups in total. The number of pyridine rings is 1. The largest absolute Gasteiger partial charge is 0.444 e. The fourth-order valence-corrected chi connectivity index (χ4v) is 1.57. The van der Waals surface area contributed by atoms with Crippen LogP contribution in [0.2, 0.25) is 0 Å². The van der Waals surface area contributed by atoms with Gasteiger partial charge >= 0.3 is 6.09 Å². The number of nitrogens with one attached hydrogen (secondary N) is 1. The van der Waals surface area contributed by atoms with Crippen molar-refractivity contribution in [1.29, 1.82) is 0 Å². The van der Waals surface area contributed by atoms with Gasteiger partial charge in [0.15, 0.2) is 0 Å². The summed E-state index contributed by atoms with van der Waals surface area (Å²) in [5, 5.41) is 2.75. The Hall–Kier alpha value is -1.62. The minimum absolute atomic E-state index is 0.384. The van der Waals surface area contributed by atoms with E-state index in [4.69, 9.17) is 10.5 Å². The van der Waals surface area contributed by atoms with Crippen molar-refractivity contribution in [3.05, 3.63) is 30.1 Å². The second kappa shape index (κ2) is 6.02. The number of ether oxygens (including phenoxy) is 1. The smallest absolute Gasteiger partial charge is 0.407 e. The van der Waals surface area contributed by atoms with Crippen LogP contribution < -0.4 is 11.1 Å². The number of carbonyl (C=O) groups is 1. The molecule has 1 atom stereocenters. The molecular formula is C14H23N3O2. The number of rotatable bonds is 4. The zero-order valence-corrected chi connectivity index (χ0v) is 12.1. The summed E-state index contributed by atoms with van der Waals surface area (Å²) in [6.45, 7) is 8.22. The summed E-state index contributed by atoms with van der Waals surface area (Å²) < 4.78 is 5.20. The molecule has 0 fully saturated rings. The van der Waals surface area contributed by atoms with E-state index < -0.39 is 17.1 Å². The van der Waals surface area contributed by atoms with E-state index in [1.54, 1.807) is 6.20 Å². The van der Waals surface area contributed by atoms with Crippen molar-refractivity contribution in [1.82, 2.24) is 10.3 Å². The molecule has 0 aliphatic heterocycles. The van der Waals surface area contributed by atoms with Crippen molar-refractivity contribution in [3.63, 3.8) is 0 Å². The van der Waals surface area contributed by atoms with Crippen LogP contribution in [0.25, 0.3) is 0 Å². The zero-order chi connectivity index (χ0) is 14.5. The van der Waals surface area contributed by atoms with Crippen molar-refractivity contribution >= 4 is 6.09 Å². The monoisotopic (exact) mass is 265 g/mol. The Labute approximate surface area is 114 Å². The normalized spacial score (nSPS) is 14.6. The van der Waals surface area contributed by atoms with E-state index in [1.165, 1.54) is 0 Å². The Morgan fingerprint density at radius 2 is 2.05 bits per heavy atom. The molecule has 1 heterocycles. The first-order valence-corrected chi connectivity index (χ1v) is 6.35. The van der Waals surface area contributed by atoms with Crippen LogP contribution >= 0.6 is 0 Å². The van der Waals surface area contributed by atoms with Crippen molar-refractivity contribution < 1.29 is 9.53 Å². The third-order valence-electron chi connectivity index (χ3n) is 2.76. The lowest BCUT2D eigenvalue weighted by Crippen LogP contribution is -2.45. The number of nitrogens with zero attached hydrogens (tertiary/aromatic N) is 1. The SMILES string of the molecule is CC(C)(C)OC(=O)NCC(C)(CN)c1ccccn1. The number of alkyl carbamates (subject to hydrolysis) is 1. The summed E-state index contributed by atoms with van der Waals surface area (Å²) in [6, 6.07) is 5.66. The molecule has 0 saturated carbocycles. The quantitative estimate of drug-likeness (QED) is 0.870. The summed E-state index contributed by atoms with van der Waals surface area (Å²) >= 11 is 0. The second-order valence-electron chi connectivity index (χ2n) is 5.84. The first kappa shape index (κ1) is 15.4. The van der Waals surface area contributed by atoms with Crippen LogP contribution in [0.1, 0.15) is 33.4 Å². The summed E-state index contributed by atoms with van der Waals surface area (Å²) in [6.07, 6.45) is 1.28. The Morgan fingerprint density at radius 3 is 2.53 bits per heavy atom. The van der Waals surface area contributed by atoms with Crippen LogP contribution in [0.3, 0.4) is 0 Å². The lowest BCUT2D eigenvalue weighted by molar-refractivity contribution is 0.0516. The van der Waals surface area contributed by atoms with Crippen molar-refractivity contribution in [3.8, 4) is 0 Å². The van der Waals surface area contributed by atoms with Crippen molar-refractivity contribution in [2.75, 3.05) is 13.1 Å². The van der Waals surface area contributed by atoms with Gasteiger partial charge in [-0.2, -0.15) is 0 Å². The van der Waals surface area contributed by atoms with E-state index in [0.29, 0.717) is 13.1 Å². The molecule has 1 rings (SSSR count). The number of carbonyl (C=O) groups excluding carboxylic acids is 1. The van der Waals surface area contributed by atoms with Gasteiger partial charge in [-0.25, -0.2) is 4.79 Å². The van der Waals surface area contributed by atoms with E-state index >= 15 is 0 Å². The molecule has 19 heavy (non-hydrogen) atoms. The van der Waals surface area contributed by atoms with Gasteiger partial charge < -0.3 is 15.8 Å². The Bertz CT molecular complexity index is 414. The predicted octanol–water partition coefficient (Wildman–Crippen LogP) is 1.82. The minimum atomic E-state index is -0.506. The zero-order valence-electron chi connectivity index (χ0n) is 12.1. The third-order valence-corrected chi connectivity index (χ3v) is 2.76. The molecule has 1 aromatic heterocycles. The Morgan fingerprint density at radius 1 is 1.37 bits per heavy atom. The van der Waals surface area contributed by atoms with Crippen molar-refractivity contribution in [2.24, 2.45) is 5.73 Å². The minimum Gasteiger partial charge on any atom is -0.444 e. The van der Waals surface area contributed by atoms with Crippen LogP contribution in [-0.2, 0) is 10.2 Å². The highest BCUT2D eigenvalue weighted by molar-refractivity contribution is 5.67. The molecule has 5 heteroatoms. The summed E-state index contributed by atoms with van der Waals surface area (Å²) in [7, 11) is 0. The van der Waals surface area contributed by atoms with Crippen LogP contribution in [0.5, 0.6) is 0 Å². The summed E-state index contributed by atoms with van der Waals surface area (Å²) in [4.78, 5) is 16.0. The summed E-state index contributed by atoms with van der Waals surface area (Å²) in [5.74, 6) is 0. The lowest BCUT2D eigenvalue weighted by atomic mass is 9.86. The molecule has 0 aromatic carbocycles.